The van der Waals surface area contributed by atoms with Crippen LogP contribution >= 0.6 is 0 Å². The first kappa shape index (κ1) is 23.9. The average Bonchev–Trinajstić information content (AvgIpc) is 2.73. The molecule has 5 N–H and O–H groups in total. The molecule has 0 saturated carbocycles. The van der Waals surface area contributed by atoms with Crippen LogP contribution in [0.15, 0.2) is 59.4 Å². The number of methoxy groups -OCH3 is 1. The van der Waals surface area contributed by atoms with Gasteiger partial charge < -0.3 is 26.2 Å². The van der Waals surface area contributed by atoms with E-state index in [-0.39, 0.29) is 18.6 Å². The first-order valence-corrected chi connectivity index (χ1v) is 10.0. The third kappa shape index (κ3) is 8.10. The van der Waals surface area contributed by atoms with Crippen molar-refractivity contribution in [3.8, 4) is 5.75 Å². The molecule has 0 saturated heterocycles. The zero-order chi connectivity index (χ0) is 22.9. The molecule has 2 aromatic rings. The van der Waals surface area contributed by atoms with E-state index in [2.05, 4.69) is 20.6 Å². The number of rotatable bonds is 8. The van der Waals surface area contributed by atoms with Crippen LogP contribution in [0.3, 0.4) is 0 Å². The number of aromatic nitrogens is 1. The van der Waals surface area contributed by atoms with Gasteiger partial charge in [-0.25, -0.2) is 4.79 Å². The Morgan fingerprint density at radius 1 is 1.29 bits per heavy atom. The molecule has 1 heterocycles. The Kier molecular flexibility index (Phi) is 8.57. The molecule has 0 atom stereocenters. The van der Waals surface area contributed by atoms with E-state index >= 15 is 0 Å². The summed E-state index contributed by atoms with van der Waals surface area (Å²) < 4.78 is 5.25. The van der Waals surface area contributed by atoms with Gasteiger partial charge in [-0.3, -0.25) is 9.98 Å². The van der Waals surface area contributed by atoms with Crippen LogP contribution < -0.4 is 21.1 Å². The van der Waals surface area contributed by atoms with E-state index < -0.39 is 6.03 Å². The average molecular weight is 426 g/mol. The number of ether oxygens (including phenoxy) is 1. The lowest BCUT2D eigenvalue weighted by Crippen LogP contribution is -2.33. The maximum absolute atomic E-state index is 12.3. The van der Waals surface area contributed by atoms with Crippen LogP contribution in [-0.4, -0.2) is 42.1 Å². The summed E-state index contributed by atoms with van der Waals surface area (Å²) in [5, 5.41) is 14.5. The number of aliphatic hydroxyl groups is 1. The van der Waals surface area contributed by atoms with Crippen molar-refractivity contribution in [2.24, 2.45) is 16.1 Å². The number of allylic oxidation sites excluding steroid dienone is 1. The minimum atomic E-state index is -0.391. The monoisotopic (exact) mass is 425 g/mol. The molecule has 1 aromatic carbocycles. The van der Waals surface area contributed by atoms with Crippen molar-refractivity contribution < 1.29 is 14.6 Å². The zero-order valence-corrected chi connectivity index (χ0v) is 18.5. The second-order valence-electron chi connectivity index (χ2n) is 7.97. The number of carbonyl (C=O) groups excluding carboxylic acids is 1. The second kappa shape index (κ2) is 11.1. The molecule has 2 rings (SSSR count). The number of aliphatic hydroxyl groups excluding tert-OH is 1. The molecule has 0 unspecified atom stereocenters. The third-order valence-electron chi connectivity index (χ3n) is 4.39. The molecule has 166 valence electrons. The highest BCUT2D eigenvalue weighted by Gasteiger charge is 2.15. The highest BCUT2D eigenvalue weighted by atomic mass is 16.5. The smallest absolute Gasteiger partial charge is 0.319 e. The van der Waals surface area contributed by atoms with E-state index in [4.69, 9.17) is 15.6 Å². The molecular formula is C23H31N5O3. The summed E-state index contributed by atoms with van der Waals surface area (Å²) in [5.41, 5.74) is 9.25. The van der Waals surface area contributed by atoms with Gasteiger partial charge in [0.25, 0.3) is 0 Å². The normalized spacial score (nSPS) is 12.4. The van der Waals surface area contributed by atoms with Crippen LogP contribution in [0, 0.1) is 5.41 Å². The molecule has 2 amide bonds. The summed E-state index contributed by atoms with van der Waals surface area (Å²) in [5.74, 6) is 0.691. The summed E-state index contributed by atoms with van der Waals surface area (Å²) in [4.78, 5) is 21.2. The van der Waals surface area contributed by atoms with Crippen LogP contribution in [-0.2, 0) is 6.42 Å². The van der Waals surface area contributed by atoms with Gasteiger partial charge in [0, 0.05) is 35.9 Å². The Bertz CT molecular complexity index is 931. The number of carbonyl (C=O) groups is 1. The maximum atomic E-state index is 12.3. The predicted octanol–water partition coefficient (Wildman–Crippen LogP) is 3.41. The van der Waals surface area contributed by atoms with E-state index in [0.29, 0.717) is 35.0 Å². The molecule has 8 heteroatoms. The van der Waals surface area contributed by atoms with Gasteiger partial charge >= 0.3 is 6.03 Å². The molecule has 0 aliphatic carbocycles. The Hall–Kier alpha value is -3.39. The summed E-state index contributed by atoms with van der Waals surface area (Å²) in [6.07, 6.45) is 3.80. The molecular weight excluding hydrogens is 394 g/mol. The zero-order valence-electron chi connectivity index (χ0n) is 18.5. The van der Waals surface area contributed by atoms with Crippen molar-refractivity contribution in [3.05, 3.63) is 60.1 Å². The fourth-order valence-electron chi connectivity index (χ4n) is 2.47. The lowest BCUT2D eigenvalue weighted by molar-refractivity contribution is 0.253. The molecule has 0 aliphatic heterocycles. The number of hydrogen-bond acceptors (Lipinski definition) is 6. The number of nitrogens with one attached hydrogen (secondary N) is 2. The van der Waals surface area contributed by atoms with Crippen molar-refractivity contribution in [1.82, 2.24) is 10.3 Å². The van der Waals surface area contributed by atoms with Gasteiger partial charge in [-0.1, -0.05) is 26.8 Å². The van der Waals surface area contributed by atoms with E-state index in [1.54, 1.807) is 37.6 Å². The van der Waals surface area contributed by atoms with Crippen molar-refractivity contribution >= 4 is 23.1 Å². The predicted molar refractivity (Wildman–Crippen MR) is 124 cm³/mol. The molecule has 0 spiro atoms. The Morgan fingerprint density at radius 2 is 2.06 bits per heavy atom. The second-order valence-corrected chi connectivity index (χ2v) is 7.97. The van der Waals surface area contributed by atoms with E-state index in [1.165, 1.54) is 0 Å². The van der Waals surface area contributed by atoms with Gasteiger partial charge in [-0.15, -0.1) is 0 Å². The number of hydrogen-bond donors (Lipinski definition) is 4. The van der Waals surface area contributed by atoms with Crippen molar-refractivity contribution in [3.63, 3.8) is 0 Å². The standard InChI is InChI=1S/C23H31N5O3/c1-23(2,3)21(24)13-19(27-17-6-5-7-20(12-17)31-4)15-26-22(30)28-18-9-8-16(10-11-29)25-14-18/h5-9,12-14,29H,10-11,15,24H2,1-4H3,(H2,26,28,30). The summed E-state index contributed by atoms with van der Waals surface area (Å²) in [6, 6.07) is 10.4. The molecule has 8 nitrogen and oxygen atoms in total. The van der Waals surface area contributed by atoms with Gasteiger partial charge in [-0.2, -0.15) is 0 Å². The number of amides is 2. The number of nitrogens with two attached hydrogens (primary N) is 1. The Morgan fingerprint density at radius 3 is 2.68 bits per heavy atom. The van der Waals surface area contributed by atoms with Crippen LogP contribution in [0.5, 0.6) is 5.75 Å². The molecule has 0 radical (unpaired) electrons. The largest absolute Gasteiger partial charge is 0.497 e. The van der Waals surface area contributed by atoms with Crippen molar-refractivity contribution in [2.45, 2.75) is 27.2 Å². The molecule has 0 bridgehead atoms. The van der Waals surface area contributed by atoms with E-state index in [0.717, 1.165) is 5.69 Å². The topological polar surface area (TPSA) is 122 Å². The first-order valence-electron chi connectivity index (χ1n) is 10.0. The summed E-state index contributed by atoms with van der Waals surface area (Å²) in [6.45, 7) is 6.23. The minimum absolute atomic E-state index is 0.0286. The Balaban J connectivity index is 2.13. The van der Waals surface area contributed by atoms with Crippen LogP contribution in [0.1, 0.15) is 26.5 Å². The van der Waals surface area contributed by atoms with Gasteiger partial charge in [-0.05, 0) is 30.3 Å². The fraction of sp³-hybridized carbons (Fsp3) is 0.348. The van der Waals surface area contributed by atoms with Crippen LogP contribution in [0.2, 0.25) is 0 Å². The number of benzene rings is 1. The lowest BCUT2D eigenvalue weighted by atomic mass is 9.91. The lowest BCUT2D eigenvalue weighted by Gasteiger charge is -2.19. The van der Waals surface area contributed by atoms with E-state index in [9.17, 15) is 4.79 Å². The third-order valence-corrected chi connectivity index (χ3v) is 4.39. The van der Waals surface area contributed by atoms with E-state index in [1.807, 2.05) is 39.0 Å². The number of urea groups is 1. The summed E-state index contributed by atoms with van der Waals surface area (Å²) in [7, 11) is 1.60. The molecule has 1 aromatic heterocycles. The Labute approximate surface area is 183 Å². The van der Waals surface area contributed by atoms with Gasteiger partial charge in [0.15, 0.2) is 0 Å². The molecule has 0 aliphatic rings. The van der Waals surface area contributed by atoms with Crippen LogP contribution in [0.25, 0.3) is 0 Å². The summed E-state index contributed by atoms with van der Waals surface area (Å²) >= 11 is 0. The van der Waals surface area contributed by atoms with Gasteiger partial charge in [0.05, 0.1) is 36.9 Å². The van der Waals surface area contributed by atoms with Crippen molar-refractivity contribution in [2.75, 3.05) is 25.6 Å². The number of pyridine rings is 1. The van der Waals surface area contributed by atoms with Gasteiger partial charge in [0.1, 0.15) is 5.75 Å². The van der Waals surface area contributed by atoms with Crippen LogP contribution in [0.4, 0.5) is 16.2 Å². The minimum Gasteiger partial charge on any atom is -0.497 e. The quantitative estimate of drug-likeness (QED) is 0.483. The molecule has 31 heavy (non-hydrogen) atoms. The maximum Gasteiger partial charge on any atom is 0.319 e. The SMILES string of the molecule is COc1cccc(N=C(C=C(N)C(C)(C)C)CNC(=O)Nc2ccc(CCO)nc2)c1. The first-order chi connectivity index (χ1) is 14.7. The highest BCUT2D eigenvalue weighted by Crippen LogP contribution is 2.22. The highest BCUT2D eigenvalue weighted by molar-refractivity contribution is 6.01. The number of anilines is 1. The fourth-order valence-corrected chi connectivity index (χ4v) is 2.47. The number of nitrogens with zero attached hydrogens (tertiary/aromatic N) is 2. The van der Waals surface area contributed by atoms with Crippen molar-refractivity contribution in [1.29, 1.82) is 0 Å². The van der Waals surface area contributed by atoms with Gasteiger partial charge in [0.2, 0.25) is 0 Å². The number of aliphatic imine (C=N–C) groups is 1. The molecule has 0 fully saturated rings.